The summed E-state index contributed by atoms with van der Waals surface area (Å²) in [7, 11) is -1.39. The number of benzene rings is 1. The molecule has 0 radical (unpaired) electrons. The van der Waals surface area contributed by atoms with E-state index < -0.39 is 15.8 Å². The summed E-state index contributed by atoms with van der Waals surface area (Å²) in [6.45, 7) is 2.31. The Bertz CT molecular complexity index is 775. The van der Waals surface area contributed by atoms with Gasteiger partial charge in [-0.3, -0.25) is 9.59 Å². The lowest BCUT2D eigenvalue weighted by Gasteiger charge is -2.26. The third kappa shape index (κ3) is 3.31. The van der Waals surface area contributed by atoms with E-state index in [9.17, 15) is 18.0 Å². The van der Waals surface area contributed by atoms with Gasteiger partial charge < -0.3 is 9.80 Å². The fourth-order valence-corrected chi connectivity index (χ4v) is 5.24. The van der Waals surface area contributed by atoms with Gasteiger partial charge in [-0.25, -0.2) is 8.42 Å². The highest BCUT2D eigenvalue weighted by molar-refractivity contribution is 7.91. The Labute approximate surface area is 142 Å². The zero-order valence-electron chi connectivity index (χ0n) is 13.9. The van der Waals surface area contributed by atoms with Gasteiger partial charge in [0, 0.05) is 31.7 Å². The van der Waals surface area contributed by atoms with E-state index in [2.05, 4.69) is 0 Å². The molecule has 2 atom stereocenters. The number of anilines is 1. The van der Waals surface area contributed by atoms with Crippen LogP contribution in [0.3, 0.4) is 0 Å². The normalized spacial score (nSPS) is 25.9. The second kappa shape index (κ2) is 6.20. The van der Waals surface area contributed by atoms with Crippen molar-refractivity contribution in [3.63, 3.8) is 0 Å². The molecule has 2 aliphatic rings. The molecule has 3 rings (SSSR count). The van der Waals surface area contributed by atoms with E-state index in [0.29, 0.717) is 13.0 Å². The minimum absolute atomic E-state index is 0.0253. The molecule has 7 heteroatoms. The fraction of sp³-hybridized carbons (Fsp3) is 0.529. The van der Waals surface area contributed by atoms with Gasteiger partial charge in [0.1, 0.15) is 0 Å². The van der Waals surface area contributed by atoms with E-state index in [1.165, 1.54) is 4.90 Å². The minimum Gasteiger partial charge on any atom is -0.341 e. The molecule has 0 bridgehead atoms. The molecule has 2 amide bonds. The van der Waals surface area contributed by atoms with E-state index in [1.807, 2.05) is 31.2 Å². The van der Waals surface area contributed by atoms with Gasteiger partial charge in [-0.2, -0.15) is 0 Å². The Balaban J connectivity index is 1.70. The lowest BCUT2D eigenvalue weighted by Crippen LogP contribution is -2.42. The number of amides is 2. The van der Waals surface area contributed by atoms with Crippen molar-refractivity contribution < 1.29 is 18.0 Å². The Morgan fingerprint density at radius 3 is 2.71 bits per heavy atom. The molecule has 130 valence electrons. The number of sulfone groups is 1. The van der Waals surface area contributed by atoms with E-state index >= 15 is 0 Å². The van der Waals surface area contributed by atoms with Crippen LogP contribution < -0.4 is 4.90 Å². The molecule has 0 saturated carbocycles. The summed E-state index contributed by atoms with van der Waals surface area (Å²) in [5.41, 5.74) is 1.87. The molecule has 2 saturated heterocycles. The van der Waals surface area contributed by atoms with Gasteiger partial charge in [-0.1, -0.05) is 12.1 Å². The van der Waals surface area contributed by atoms with Crippen molar-refractivity contribution >= 4 is 27.3 Å². The second-order valence-corrected chi connectivity index (χ2v) is 8.98. The molecule has 0 aliphatic carbocycles. The molecule has 6 nitrogen and oxygen atoms in total. The van der Waals surface area contributed by atoms with E-state index in [4.69, 9.17) is 0 Å². The summed E-state index contributed by atoms with van der Waals surface area (Å²) in [4.78, 5) is 28.2. The Morgan fingerprint density at radius 2 is 2.08 bits per heavy atom. The smallest absolute Gasteiger partial charge is 0.228 e. The van der Waals surface area contributed by atoms with E-state index in [0.717, 1.165) is 11.3 Å². The van der Waals surface area contributed by atoms with Crippen LogP contribution in [0.25, 0.3) is 0 Å². The summed E-state index contributed by atoms with van der Waals surface area (Å²) in [5, 5.41) is 0. The number of aryl methyl sites for hydroxylation is 1. The van der Waals surface area contributed by atoms with Gasteiger partial charge >= 0.3 is 0 Å². The van der Waals surface area contributed by atoms with Gasteiger partial charge in [0.25, 0.3) is 0 Å². The molecule has 24 heavy (non-hydrogen) atoms. The van der Waals surface area contributed by atoms with Crippen molar-refractivity contribution in [1.29, 1.82) is 0 Å². The highest BCUT2D eigenvalue weighted by Gasteiger charge is 2.40. The maximum Gasteiger partial charge on any atom is 0.228 e. The maximum atomic E-state index is 12.7. The van der Waals surface area contributed by atoms with Crippen molar-refractivity contribution in [2.24, 2.45) is 5.92 Å². The summed E-state index contributed by atoms with van der Waals surface area (Å²) in [6.07, 6.45) is 0.656. The molecule has 0 aromatic heterocycles. The van der Waals surface area contributed by atoms with Crippen molar-refractivity contribution in [2.45, 2.75) is 25.8 Å². The third-order valence-corrected chi connectivity index (χ3v) is 6.64. The highest BCUT2D eigenvalue weighted by Crippen LogP contribution is 2.28. The summed E-state index contributed by atoms with van der Waals surface area (Å²) >= 11 is 0. The lowest BCUT2D eigenvalue weighted by molar-refractivity contribution is -0.136. The van der Waals surface area contributed by atoms with E-state index in [1.54, 1.807) is 11.9 Å². The first-order valence-electron chi connectivity index (χ1n) is 8.11. The zero-order valence-corrected chi connectivity index (χ0v) is 14.8. The Kier molecular flexibility index (Phi) is 4.38. The lowest BCUT2D eigenvalue weighted by atomic mass is 10.1. The summed E-state index contributed by atoms with van der Waals surface area (Å²) in [5.74, 6) is -0.454. The average molecular weight is 350 g/mol. The number of rotatable bonds is 3. The van der Waals surface area contributed by atoms with Crippen LogP contribution in [-0.4, -0.2) is 56.3 Å². The van der Waals surface area contributed by atoms with Crippen molar-refractivity contribution in [1.82, 2.24) is 4.90 Å². The third-order valence-electron chi connectivity index (χ3n) is 4.89. The Morgan fingerprint density at radius 1 is 1.33 bits per heavy atom. The first kappa shape index (κ1) is 17.0. The van der Waals surface area contributed by atoms with Crippen LogP contribution in [-0.2, 0) is 19.4 Å². The largest absolute Gasteiger partial charge is 0.341 e. The van der Waals surface area contributed by atoms with Gasteiger partial charge in [0.05, 0.1) is 17.4 Å². The monoisotopic (exact) mass is 350 g/mol. The molecule has 1 aromatic rings. The van der Waals surface area contributed by atoms with Gasteiger partial charge in [0.2, 0.25) is 11.8 Å². The summed E-state index contributed by atoms with van der Waals surface area (Å²) < 4.78 is 23.2. The highest BCUT2D eigenvalue weighted by atomic mass is 32.2. The van der Waals surface area contributed by atoms with Crippen LogP contribution in [0.15, 0.2) is 24.3 Å². The van der Waals surface area contributed by atoms with Crippen LogP contribution in [0.5, 0.6) is 0 Å². The van der Waals surface area contributed by atoms with Gasteiger partial charge in [-0.15, -0.1) is 0 Å². The Hall–Kier alpha value is -1.89. The van der Waals surface area contributed by atoms with Crippen LogP contribution >= 0.6 is 0 Å². The minimum atomic E-state index is -3.04. The van der Waals surface area contributed by atoms with Crippen molar-refractivity contribution in [3.8, 4) is 0 Å². The molecular weight excluding hydrogens is 328 g/mol. The quantitative estimate of drug-likeness (QED) is 0.815. The number of nitrogens with zero attached hydrogens (tertiary/aromatic N) is 2. The number of hydrogen-bond acceptors (Lipinski definition) is 4. The molecule has 2 aliphatic heterocycles. The topological polar surface area (TPSA) is 74.8 Å². The van der Waals surface area contributed by atoms with Crippen LogP contribution in [0.2, 0.25) is 0 Å². The molecule has 0 spiro atoms. The van der Waals surface area contributed by atoms with E-state index in [-0.39, 0.29) is 35.8 Å². The van der Waals surface area contributed by atoms with Crippen molar-refractivity contribution in [2.75, 3.05) is 30.0 Å². The predicted octanol–water partition coefficient (Wildman–Crippen LogP) is 0.993. The first-order valence-corrected chi connectivity index (χ1v) is 9.93. The molecular formula is C17H22N2O4S. The number of carbonyl (C=O) groups is 2. The average Bonchev–Trinajstić information content (AvgIpc) is 3.08. The maximum absolute atomic E-state index is 12.7. The molecule has 2 fully saturated rings. The molecule has 0 N–H and O–H groups in total. The predicted molar refractivity (Wildman–Crippen MR) is 91.5 cm³/mol. The van der Waals surface area contributed by atoms with Crippen molar-refractivity contribution in [3.05, 3.63) is 29.8 Å². The van der Waals surface area contributed by atoms with Gasteiger partial charge in [-0.05, 0) is 31.0 Å². The fourth-order valence-electron chi connectivity index (χ4n) is 3.47. The molecule has 1 aromatic carbocycles. The van der Waals surface area contributed by atoms with Crippen LogP contribution in [0, 0.1) is 12.8 Å². The number of hydrogen-bond donors (Lipinski definition) is 0. The van der Waals surface area contributed by atoms with Crippen LogP contribution in [0.4, 0.5) is 5.69 Å². The molecule has 2 unspecified atom stereocenters. The SMILES string of the molecule is Cc1cccc(N2CC(C(=O)N(C)C3CCS(=O)(=O)C3)CC2=O)c1. The van der Waals surface area contributed by atoms with Crippen LogP contribution in [0.1, 0.15) is 18.4 Å². The zero-order chi connectivity index (χ0) is 17.5. The second-order valence-electron chi connectivity index (χ2n) is 6.75. The van der Waals surface area contributed by atoms with Gasteiger partial charge in [0.15, 0.2) is 9.84 Å². The summed E-state index contributed by atoms with van der Waals surface area (Å²) in [6, 6.07) is 7.37. The standard InChI is InChI=1S/C17H22N2O4S/c1-12-4-3-5-14(8-12)19-10-13(9-16(19)20)17(21)18(2)15-6-7-24(22,23)11-15/h3-5,8,13,15H,6-7,9-11H2,1-2H3. The molecule has 2 heterocycles. The number of carbonyl (C=O) groups excluding carboxylic acids is 2. The first-order chi connectivity index (χ1) is 11.3.